The Balaban J connectivity index is 1.83. The van der Waals surface area contributed by atoms with Crippen molar-refractivity contribution in [1.29, 1.82) is 0 Å². The number of thioether (sulfide) groups is 1. The van der Waals surface area contributed by atoms with Crippen molar-refractivity contribution in [2.24, 2.45) is 0 Å². The third-order valence-corrected chi connectivity index (χ3v) is 8.09. The molecule has 2 aliphatic rings. The molecule has 7 heteroatoms. The van der Waals surface area contributed by atoms with Crippen molar-refractivity contribution in [2.75, 3.05) is 37.7 Å². The highest BCUT2D eigenvalue weighted by Gasteiger charge is 2.34. The Bertz CT molecular complexity index is 648. The molecule has 1 aromatic rings. The summed E-state index contributed by atoms with van der Waals surface area (Å²) in [4.78, 5) is 2.74. The van der Waals surface area contributed by atoms with Crippen LogP contribution in [0.25, 0.3) is 0 Å². The first-order valence-electron chi connectivity index (χ1n) is 8.65. The molecular weight excluding hydrogens is 364 g/mol. The molecule has 4 nitrogen and oxygen atoms in total. The van der Waals surface area contributed by atoms with E-state index in [9.17, 15) is 8.42 Å². The molecule has 2 heterocycles. The van der Waals surface area contributed by atoms with Gasteiger partial charge in [0, 0.05) is 29.9 Å². The van der Waals surface area contributed by atoms with Gasteiger partial charge in [-0.05, 0) is 56.3 Å². The summed E-state index contributed by atoms with van der Waals surface area (Å²) < 4.78 is 28.1. The summed E-state index contributed by atoms with van der Waals surface area (Å²) >= 11 is 7.89. The average Bonchev–Trinajstić information content (AvgIpc) is 2.82. The van der Waals surface area contributed by atoms with Crippen LogP contribution >= 0.6 is 23.4 Å². The van der Waals surface area contributed by atoms with E-state index in [1.54, 1.807) is 28.6 Å². The zero-order valence-corrected chi connectivity index (χ0v) is 16.3. The molecule has 2 aliphatic heterocycles. The molecule has 0 spiro atoms. The van der Waals surface area contributed by atoms with Gasteiger partial charge in [0.25, 0.3) is 0 Å². The van der Waals surface area contributed by atoms with E-state index in [-0.39, 0.29) is 6.04 Å². The molecule has 134 valence electrons. The van der Waals surface area contributed by atoms with E-state index in [0.717, 1.165) is 37.6 Å². The van der Waals surface area contributed by atoms with E-state index in [1.165, 1.54) is 19.3 Å². The lowest BCUT2D eigenvalue weighted by molar-refractivity contribution is 0.183. The third-order valence-electron chi connectivity index (χ3n) is 4.70. The summed E-state index contributed by atoms with van der Waals surface area (Å²) in [7, 11) is -3.50. The van der Waals surface area contributed by atoms with Crippen molar-refractivity contribution >= 4 is 33.4 Å². The fraction of sp³-hybridized carbons (Fsp3) is 0.647. The molecule has 0 bridgehead atoms. The molecule has 0 radical (unpaired) electrons. The standard InChI is InChI=1S/C17H25ClN2O2S2/c18-15-6-4-7-17(12-15)24(21,22)20-10-5-11-23-14-16(20)13-19-8-2-1-3-9-19/h4,6-7,12,16H,1-3,5,8-11,13-14H2. The van der Waals surface area contributed by atoms with Crippen LogP contribution in [0.15, 0.2) is 29.2 Å². The summed E-state index contributed by atoms with van der Waals surface area (Å²) in [5.41, 5.74) is 0. The lowest BCUT2D eigenvalue weighted by atomic mass is 10.1. The largest absolute Gasteiger partial charge is 0.302 e. The molecular formula is C17H25ClN2O2S2. The first kappa shape index (κ1) is 18.5. The second kappa shape index (κ2) is 8.41. The van der Waals surface area contributed by atoms with E-state index < -0.39 is 10.0 Å². The number of likely N-dealkylation sites (tertiary alicyclic amines) is 1. The fourth-order valence-corrected chi connectivity index (χ4v) is 6.58. The van der Waals surface area contributed by atoms with Crippen LogP contribution < -0.4 is 0 Å². The highest BCUT2D eigenvalue weighted by atomic mass is 35.5. The van der Waals surface area contributed by atoms with Crippen LogP contribution in [0, 0.1) is 0 Å². The maximum atomic E-state index is 13.2. The molecule has 0 aliphatic carbocycles. The molecule has 24 heavy (non-hydrogen) atoms. The molecule has 2 fully saturated rings. The van der Waals surface area contributed by atoms with Crippen molar-refractivity contribution in [3.05, 3.63) is 29.3 Å². The maximum Gasteiger partial charge on any atom is 0.243 e. The molecule has 1 unspecified atom stereocenters. The highest BCUT2D eigenvalue weighted by molar-refractivity contribution is 7.99. The normalized spacial score (nSPS) is 24.6. The van der Waals surface area contributed by atoms with Crippen molar-refractivity contribution in [3.63, 3.8) is 0 Å². The summed E-state index contributed by atoms with van der Waals surface area (Å²) in [5, 5.41) is 0.466. The van der Waals surface area contributed by atoms with Crippen LogP contribution in [0.1, 0.15) is 25.7 Å². The van der Waals surface area contributed by atoms with Gasteiger partial charge in [-0.1, -0.05) is 24.1 Å². The zero-order chi connectivity index (χ0) is 17.0. The van der Waals surface area contributed by atoms with Gasteiger partial charge in [0.15, 0.2) is 0 Å². The number of benzene rings is 1. The Morgan fingerprint density at radius 2 is 1.92 bits per heavy atom. The van der Waals surface area contributed by atoms with E-state index in [1.807, 2.05) is 11.8 Å². The zero-order valence-electron chi connectivity index (χ0n) is 13.9. The molecule has 1 atom stereocenters. The van der Waals surface area contributed by atoms with Crippen LogP contribution in [0.5, 0.6) is 0 Å². The van der Waals surface area contributed by atoms with Gasteiger partial charge in [0.1, 0.15) is 0 Å². The number of hydrogen-bond donors (Lipinski definition) is 0. The molecule has 0 aromatic heterocycles. The average molecular weight is 389 g/mol. The molecule has 3 rings (SSSR count). The van der Waals surface area contributed by atoms with Crippen LogP contribution in [-0.4, -0.2) is 61.3 Å². The lowest BCUT2D eigenvalue weighted by Crippen LogP contribution is -2.49. The Morgan fingerprint density at radius 3 is 2.67 bits per heavy atom. The van der Waals surface area contributed by atoms with Crippen molar-refractivity contribution in [1.82, 2.24) is 9.21 Å². The molecule has 0 saturated carbocycles. The topological polar surface area (TPSA) is 40.6 Å². The summed E-state index contributed by atoms with van der Waals surface area (Å²) in [6, 6.07) is 6.68. The van der Waals surface area contributed by atoms with Gasteiger partial charge < -0.3 is 4.90 Å². The summed E-state index contributed by atoms with van der Waals surface area (Å²) in [5.74, 6) is 1.90. The van der Waals surface area contributed by atoms with Crippen LogP contribution in [-0.2, 0) is 10.0 Å². The van der Waals surface area contributed by atoms with Crippen molar-refractivity contribution in [3.8, 4) is 0 Å². The van der Waals surface area contributed by atoms with Gasteiger partial charge in [0.2, 0.25) is 10.0 Å². The van der Waals surface area contributed by atoms with Crippen molar-refractivity contribution < 1.29 is 8.42 Å². The molecule has 0 amide bonds. The van der Waals surface area contributed by atoms with E-state index in [2.05, 4.69) is 4.90 Å². The van der Waals surface area contributed by atoms with Gasteiger partial charge in [-0.25, -0.2) is 8.42 Å². The third kappa shape index (κ3) is 4.47. The lowest BCUT2D eigenvalue weighted by Gasteiger charge is -2.35. The predicted molar refractivity (Wildman–Crippen MR) is 101 cm³/mol. The van der Waals surface area contributed by atoms with Gasteiger partial charge >= 0.3 is 0 Å². The minimum atomic E-state index is -3.50. The summed E-state index contributed by atoms with van der Waals surface area (Å²) in [6.07, 6.45) is 4.64. The fourth-order valence-electron chi connectivity index (χ4n) is 3.47. The number of hydrogen-bond acceptors (Lipinski definition) is 4. The Labute approximate surface area is 154 Å². The minimum absolute atomic E-state index is 0.0413. The predicted octanol–water partition coefficient (Wildman–Crippen LogP) is 3.32. The first-order chi connectivity index (χ1) is 11.6. The monoisotopic (exact) mass is 388 g/mol. The number of sulfonamides is 1. The quantitative estimate of drug-likeness (QED) is 0.793. The van der Waals surface area contributed by atoms with Crippen molar-refractivity contribution in [2.45, 2.75) is 36.6 Å². The minimum Gasteiger partial charge on any atom is -0.302 e. The smallest absolute Gasteiger partial charge is 0.243 e. The Hall–Kier alpha value is -0.270. The van der Waals surface area contributed by atoms with Crippen LogP contribution in [0.2, 0.25) is 5.02 Å². The SMILES string of the molecule is O=S(=O)(c1cccc(Cl)c1)N1CCCSCC1CN1CCCCC1. The van der Waals surface area contributed by atoms with Crippen LogP contribution in [0.4, 0.5) is 0 Å². The number of nitrogens with zero attached hydrogens (tertiary/aromatic N) is 2. The maximum absolute atomic E-state index is 13.2. The number of rotatable bonds is 4. The highest BCUT2D eigenvalue weighted by Crippen LogP contribution is 2.26. The van der Waals surface area contributed by atoms with Gasteiger partial charge in [-0.3, -0.25) is 0 Å². The molecule has 2 saturated heterocycles. The number of piperidine rings is 1. The van der Waals surface area contributed by atoms with E-state index >= 15 is 0 Å². The second-order valence-electron chi connectivity index (χ2n) is 6.52. The Kier molecular flexibility index (Phi) is 6.49. The van der Waals surface area contributed by atoms with Gasteiger partial charge in [-0.15, -0.1) is 0 Å². The summed E-state index contributed by atoms with van der Waals surface area (Å²) in [6.45, 7) is 3.62. The van der Waals surface area contributed by atoms with Gasteiger partial charge in [-0.2, -0.15) is 16.1 Å². The van der Waals surface area contributed by atoms with Gasteiger partial charge in [0.05, 0.1) is 4.90 Å². The second-order valence-corrected chi connectivity index (χ2v) is 9.99. The molecule has 1 aromatic carbocycles. The van der Waals surface area contributed by atoms with Crippen LogP contribution in [0.3, 0.4) is 0 Å². The first-order valence-corrected chi connectivity index (χ1v) is 11.6. The van der Waals surface area contributed by atoms with E-state index in [0.29, 0.717) is 16.5 Å². The number of halogens is 1. The Morgan fingerprint density at radius 1 is 1.12 bits per heavy atom. The van der Waals surface area contributed by atoms with E-state index in [4.69, 9.17) is 11.6 Å². The molecule has 0 N–H and O–H groups in total.